The first-order valence-electron chi connectivity index (χ1n) is 9.34. The number of rotatable bonds is 8. The Morgan fingerprint density at radius 2 is 1.67 bits per heavy atom. The first-order chi connectivity index (χ1) is 14.3. The summed E-state index contributed by atoms with van der Waals surface area (Å²) in [5.41, 5.74) is 4.43. The maximum absolute atomic E-state index is 12.4. The predicted octanol–water partition coefficient (Wildman–Crippen LogP) is 3.57. The molecule has 0 bridgehead atoms. The summed E-state index contributed by atoms with van der Waals surface area (Å²) >= 11 is 0. The quantitative estimate of drug-likeness (QED) is 0.229. The molecule has 0 atom stereocenters. The Balaban J connectivity index is 2.22. The molecule has 8 nitrogen and oxygen atoms in total. The third kappa shape index (κ3) is 5.56. The molecule has 1 N–H and O–H groups in total. The van der Waals surface area contributed by atoms with E-state index in [9.17, 15) is 14.7 Å². The highest BCUT2D eigenvalue weighted by Crippen LogP contribution is 2.31. The van der Waals surface area contributed by atoms with Gasteiger partial charge in [-0.1, -0.05) is 21.5 Å². The minimum atomic E-state index is -0.598. The highest BCUT2D eigenvalue weighted by atomic mass is 16.6. The third-order valence-electron chi connectivity index (χ3n) is 4.82. The summed E-state index contributed by atoms with van der Waals surface area (Å²) in [4.78, 5) is 34.9. The largest absolute Gasteiger partial charge is 0.508 e. The minimum Gasteiger partial charge on any atom is -0.508 e. The van der Waals surface area contributed by atoms with Crippen molar-refractivity contribution in [2.75, 3.05) is 20.8 Å². The van der Waals surface area contributed by atoms with Gasteiger partial charge in [0.1, 0.15) is 25.2 Å². The lowest BCUT2D eigenvalue weighted by Crippen LogP contribution is -2.23. The van der Waals surface area contributed by atoms with Crippen LogP contribution < -0.4 is 0 Å². The molecule has 1 aromatic rings. The first kappa shape index (κ1) is 22.9. The number of aromatic hydroxyl groups is 1. The minimum absolute atomic E-state index is 0.0759. The SMILES string of the molecule is CO/N=C(/C(=O)OC)C1=C(CO/N=C(\C)C(=O)c2ccc(O)cc2)CC(C)=C(C)C1. The Hall–Kier alpha value is -3.42. The van der Waals surface area contributed by atoms with E-state index >= 15 is 0 Å². The zero-order valence-electron chi connectivity index (χ0n) is 17.8. The Kier molecular flexibility index (Phi) is 7.91. The van der Waals surface area contributed by atoms with Crippen molar-refractivity contribution in [1.82, 2.24) is 0 Å². The van der Waals surface area contributed by atoms with Gasteiger partial charge in [-0.3, -0.25) is 4.79 Å². The maximum Gasteiger partial charge on any atom is 0.360 e. The van der Waals surface area contributed by atoms with Crippen molar-refractivity contribution in [1.29, 1.82) is 0 Å². The molecule has 1 aromatic carbocycles. The van der Waals surface area contributed by atoms with E-state index in [1.807, 2.05) is 13.8 Å². The number of benzene rings is 1. The highest BCUT2D eigenvalue weighted by molar-refractivity contribution is 6.45. The lowest BCUT2D eigenvalue weighted by atomic mass is 9.85. The second kappa shape index (κ2) is 10.4. The molecule has 8 heteroatoms. The van der Waals surface area contributed by atoms with Crippen LogP contribution in [0.25, 0.3) is 0 Å². The van der Waals surface area contributed by atoms with E-state index in [2.05, 4.69) is 10.3 Å². The monoisotopic (exact) mass is 414 g/mol. The van der Waals surface area contributed by atoms with Crippen molar-refractivity contribution in [2.45, 2.75) is 33.6 Å². The van der Waals surface area contributed by atoms with Crippen LogP contribution in [0.15, 0.2) is 56.9 Å². The van der Waals surface area contributed by atoms with E-state index in [4.69, 9.17) is 14.4 Å². The second-order valence-electron chi connectivity index (χ2n) is 6.94. The molecule has 0 saturated carbocycles. The fourth-order valence-electron chi connectivity index (χ4n) is 2.98. The third-order valence-corrected chi connectivity index (χ3v) is 4.82. The number of oxime groups is 2. The molecule has 0 saturated heterocycles. The molecule has 1 aliphatic rings. The molecule has 1 aliphatic carbocycles. The van der Waals surface area contributed by atoms with Gasteiger partial charge in [-0.2, -0.15) is 0 Å². The van der Waals surface area contributed by atoms with Gasteiger partial charge >= 0.3 is 5.97 Å². The van der Waals surface area contributed by atoms with Gasteiger partial charge in [0.15, 0.2) is 5.71 Å². The average molecular weight is 414 g/mol. The van der Waals surface area contributed by atoms with Crippen LogP contribution in [0.2, 0.25) is 0 Å². The van der Waals surface area contributed by atoms with Gasteiger partial charge in [0.05, 0.1) is 7.11 Å². The molecule has 0 fully saturated rings. The van der Waals surface area contributed by atoms with Crippen LogP contribution in [0.4, 0.5) is 0 Å². The molecule has 0 unspecified atom stereocenters. The number of hydrogen-bond donors (Lipinski definition) is 1. The van der Waals surface area contributed by atoms with Gasteiger partial charge in [-0.15, -0.1) is 0 Å². The van der Waals surface area contributed by atoms with Gasteiger partial charge in [0, 0.05) is 5.56 Å². The van der Waals surface area contributed by atoms with Crippen LogP contribution in [0.3, 0.4) is 0 Å². The molecule has 30 heavy (non-hydrogen) atoms. The molecule has 0 aliphatic heterocycles. The molecule has 160 valence electrons. The lowest BCUT2D eigenvalue weighted by Gasteiger charge is -2.22. The summed E-state index contributed by atoms with van der Waals surface area (Å²) in [6.07, 6.45) is 1.10. The molecular weight excluding hydrogens is 388 g/mol. The number of ether oxygens (including phenoxy) is 1. The normalized spacial score (nSPS) is 15.2. The summed E-state index contributed by atoms with van der Waals surface area (Å²) in [5, 5.41) is 17.1. The second-order valence-corrected chi connectivity index (χ2v) is 6.94. The molecule has 0 radical (unpaired) electrons. The van der Waals surface area contributed by atoms with Crippen molar-refractivity contribution >= 4 is 23.2 Å². The number of allylic oxidation sites excluding steroid dienone is 2. The van der Waals surface area contributed by atoms with Crippen LogP contribution in [-0.2, 0) is 19.2 Å². The Labute approximate surface area is 175 Å². The van der Waals surface area contributed by atoms with E-state index in [-0.39, 0.29) is 29.6 Å². The van der Waals surface area contributed by atoms with E-state index in [1.54, 1.807) is 6.92 Å². The molecule has 0 spiro atoms. The summed E-state index contributed by atoms with van der Waals surface area (Å²) in [6, 6.07) is 5.89. The average Bonchev–Trinajstić information content (AvgIpc) is 2.73. The van der Waals surface area contributed by atoms with Crippen molar-refractivity contribution < 1.29 is 29.1 Å². The number of ketones is 1. The summed E-state index contributed by atoms with van der Waals surface area (Å²) < 4.78 is 4.83. The molecule has 0 aromatic heterocycles. The number of methoxy groups -OCH3 is 1. The number of carbonyl (C=O) groups excluding carboxylic acids is 2. The van der Waals surface area contributed by atoms with Gasteiger partial charge in [0.25, 0.3) is 0 Å². The number of phenols is 1. The number of Topliss-reactive ketones (excluding diaryl/α,β-unsaturated/α-hetero) is 1. The van der Waals surface area contributed by atoms with Gasteiger partial charge < -0.3 is 19.5 Å². The molecule has 2 rings (SSSR count). The Bertz CT molecular complexity index is 939. The van der Waals surface area contributed by atoms with Crippen molar-refractivity contribution in [3.05, 3.63) is 52.1 Å². The number of esters is 1. The summed E-state index contributed by atoms with van der Waals surface area (Å²) in [6.45, 7) is 5.64. The summed E-state index contributed by atoms with van der Waals surface area (Å²) in [5.74, 6) is -0.832. The van der Waals surface area contributed by atoms with Crippen LogP contribution in [-0.4, -0.2) is 49.1 Å². The van der Waals surface area contributed by atoms with Crippen LogP contribution in [0.5, 0.6) is 5.75 Å². The number of hydrogen-bond acceptors (Lipinski definition) is 8. The van der Waals surface area contributed by atoms with Crippen LogP contribution in [0, 0.1) is 0 Å². The highest BCUT2D eigenvalue weighted by Gasteiger charge is 2.26. The van der Waals surface area contributed by atoms with Gasteiger partial charge in [0.2, 0.25) is 5.78 Å². The maximum atomic E-state index is 12.4. The van der Waals surface area contributed by atoms with Crippen molar-refractivity contribution in [2.24, 2.45) is 10.3 Å². The van der Waals surface area contributed by atoms with Gasteiger partial charge in [-0.25, -0.2) is 4.79 Å². The topological polar surface area (TPSA) is 107 Å². The molecule has 0 amide bonds. The van der Waals surface area contributed by atoms with E-state index < -0.39 is 5.97 Å². The van der Waals surface area contributed by atoms with Crippen LogP contribution in [0.1, 0.15) is 44.0 Å². The van der Waals surface area contributed by atoms with Crippen molar-refractivity contribution in [3.8, 4) is 5.75 Å². The number of carbonyl (C=O) groups is 2. The lowest BCUT2D eigenvalue weighted by molar-refractivity contribution is -0.132. The van der Waals surface area contributed by atoms with E-state index in [1.165, 1.54) is 44.1 Å². The standard InChI is InChI=1S/C22H26N2O6/c1-13-10-17(19(11-14(13)2)20(24-29-5)22(27)28-4)12-30-23-15(3)21(26)16-6-8-18(25)9-7-16/h6-9,25H,10-12H2,1-5H3/b23-15+,24-20+. The molecular formula is C22H26N2O6. The van der Waals surface area contributed by atoms with E-state index in [0.717, 1.165) is 11.1 Å². The summed E-state index contributed by atoms with van der Waals surface area (Å²) in [7, 11) is 2.64. The Morgan fingerprint density at radius 1 is 1.03 bits per heavy atom. The number of phenolic OH excluding ortho intramolecular Hbond substituents is 1. The number of nitrogens with zero attached hydrogens (tertiary/aromatic N) is 2. The first-order valence-corrected chi connectivity index (χ1v) is 9.34. The predicted molar refractivity (Wildman–Crippen MR) is 113 cm³/mol. The smallest absolute Gasteiger partial charge is 0.360 e. The fraction of sp³-hybridized carbons (Fsp3) is 0.364. The van der Waals surface area contributed by atoms with Crippen LogP contribution >= 0.6 is 0 Å². The zero-order valence-corrected chi connectivity index (χ0v) is 17.8. The zero-order chi connectivity index (χ0) is 22.3. The Morgan fingerprint density at radius 3 is 2.27 bits per heavy atom. The van der Waals surface area contributed by atoms with E-state index in [0.29, 0.717) is 24.0 Å². The molecule has 0 heterocycles. The van der Waals surface area contributed by atoms with Crippen molar-refractivity contribution in [3.63, 3.8) is 0 Å². The fourth-order valence-corrected chi connectivity index (χ4v) is 2.98. The van der Waals surface area contributed by atoms with Gasteiger partial charge in [-0.05, 0) is 69.0 Å².